The van der Waals surface area contributed by atoms with E-state index >= 15 is 0 Å². The molecule has 0 fully saturated rings. The van der Waals surface area contributed by atoms with Crippen molar-refractivity contribution in [3.8, 4) is 0 Å². The summed E-state index contributed by atoms with van der Waals surface area (Å²) in [5.41, 5.74) is 4.38. The van der Waals surface area contributed by atoms with Crippen LogP contribution in [0, 0.1) is 6.92 Å². The summed E-state index contributed by atoms with van der Waals surface area (Å²) in [5, 5.41) is -0.230. The van der Waals surface area contributed by atoms with Gasteiger partial charge < -0.3 is 9.97 Å². The number of hydrogen-bond donors (Lipinski definition) is 3. The van der Waals surface area contributed by atoms with Crippen molar-refractivity contribution in [2.24, 2.45) is 0 Å². The molecule has 3 N–H and O–H groups in total. The van der Waals surface area contributed by atoms with Crippen LogP contribution < -0.4 is 15.8 Å². The van der Waals surface area contributed by atoms with Gasteiger partial charge in [-0.05, 0) is 42.3 Å². The molecule has 8 nitrogen and oxygen atoms in total. The molecule has 0 bridgehead atoms. The van der Waals surface area contributed by atoms with E-state index in [1.807, 2.05) is 18.2 Å². The summed E-state index contributed by atoms with van der Waals surface area (Å²) in [6.07, 6.45) is 2.78. The van der Waals surface area contributed by atoms with Crippen molar-refractivity contribution in [1.29, 1.82) is 0 Å². The molecule has 27 heavy (non-hydrogen) atoms. The SMILES string of the molecule is Cc1cc2[nH]c(=O)c(=O)[nH]c2nc1S(=O)(=O)Nc1ccc(C2=C=CC2)cc1. The van der Waals surface area contributed by atoms with Gasteiger partial charge in [-0.15, -0.1) is 5.73 Å². The lowest BCUT2D eigenvalue weighted by Gasteiger charge is -2.12. The number of hydrogen-bond acceptors (Lipinski definition) is 5. The number of benzene rings is 1. The van der Waals surface area contributed by atoms with Crippen molar-refractivity contribution in [3.63, 3.8) is 0 Å². The van der Waals surface area contributed by atoms with Crippen molar-refractivity contribution in [3.05, 3.63) is 74.0 Å². The minimum atomic E-state index is -3.99. The monoisotopic (exact) mass is 382 g/mol. The van der Waals surface area contributed by atoms with E-state index in [4.69, 9.17) is 0 Å². The molecule has 136 valence electrons. The Kier molecular flexibility index (Phi) is 3.83. The van der Waals surface area contributed by atoms with Crippen LogP contribution in [0.15, 0.2) is 56.8 Å². The third-order valence-corrected chi connectivity index (χ3v) is 5.60. The topological polar surface area (TPSA) is 125 Å². The molecule has 2 heterocycles. The number of pyridine rings is 1. The van der Waals surface area contributed by atoms with Gasteiger partial charge in [0.25, 0.3) is 10.0 Å². The maximum absolute atomic E-state index is 12.7. The van der Waals surface area contributed by atoms with E-state index in [1.54, 1.807) is 19.1 Å². The molecular weight excluding hydrogens is 368 g/mol. The van der Waals surface area contributed by atoms with E-state index in [1.165, 1.54) is 6.07 Å². The molecule has 0 atom stereocenters. The summed E-state index contributed by atoms with van der Waals surface area (Å²) in [4.78, 5) is 31.5. The molecule has 0 saturated heterocycles. The Bertz CT molecular complexity index is 1360. The lowest BCUT2D eigenvalue weighted by Crippen LogP contribution is -2.29. The Labute approximate surface area is 153 Å². The van der Waals surface area contributed by atoms with Crippen molar-refractivity contribution in [1.82, 2.24) is 15.0 Å². The number of aryl methyl sites for hydroxylation is 1. The predicted molar refractivity (Wildman–Crippen MR) is 101 cm³/mol. The van der Waals surface area contributed by atoms with Crippen LogP contribution in [-0.4, -0.2) is 23.4 Å². The number of allylic oxidation sites excluding steroid dienone is 1. The average Bonchev–Trinajstić information content (AvgIpc) is 2.56. The van der Waals surface area contributed by atoms with Gasteiger partial charge in [-0.1, -0.05) is 12.1 Å². The summed E-state index contributed by atoms with van der Waals surface area (Å²) in [6.45, 7) is 1.56. The minimum absolute atomic E-state index is 0.00960. The van der Waals surface area contributed by atoms with Crippen molar-refractivity contribution < 1.29 is 8.42 Å². The van der Waals surface area contributed by atoms with E-state index in [0.29, 0.717) is 11.3 Å². The predicted octanol–water partition coefficient (Wildman–Crippen LogP) is 1.66. The Morgan fingerprint density at radius 2 is 1.78 bits per heavy atom. The number of nitrogens with zero attached hydrogens (tertiary/aromatic N) is 1. The van der Waals surface area contributed by atoms with Crippen LogP contribution in [0.4, 0.5) is 5.69 Å². The van der Waals surface area contributed by atoms with Gasteiger partial charge in [0, 0.05) is 17.7 Å². The first-order valence-electron chi connectivity index (χ1n) is 8.05. The van der Waals surface area contributed by atoms with Crippen molar-refractivity contribution in [2.75, 3.05) is 4.72 Å². The number of nitrogens with one attached hydrogen (secondary N) is 3. The molecule has 0 saturated carbocycles. The number of fused-ring (bicyclic) bond motifs is 1. The van der Waals surface area contributed by atoms with Crippen LogP contribution in [0.3, 0.4) is 0 Å². The Balaban J connectivity index is 1.71. The molecule has 2 aromatic heterocycles. The summed E-state index contributed by atoms with van der Waals surface area (Å²) in [6, 6.07) is 8.41. The van der Waals surface area contributed by atoms with Gasteiger partial charge in [-0.3, -0.25) is 14.3 Å². The molecule has 0 unspecified atom stereocenters. The number of rotatable bonds is 4. The molecule has 0 amide bonds. The third kappa shape index (κ3) is 3.10. The summed E-state index contributed by atoms with van der Waals surface area (Å²) >= 11 is 0. The third-order valence-electron chi connectivity index (χ3n) is 4.18. The first-order chi connectivity index (χ1) is 12.8. The fourth-order valence-corrected chi connectivity index (χ4v) is 3.99. The maximum atomic E-state index is 12.7. The van der Waals surface area contributed by atoms with Crippen LogP contribution >= 0.6 is 0 Å². The summed E-state index contributed by atoms with van der Waals surface area (Å²) in [7, 11) is -3.99. The highest BCUT2D eigenvalue weighted by molar-refractivity contribution is 7.92. The second-order valence-corrected chi connectivity index (χ2v) is 7.73. The minimum Gasteiger partial charge on any atom is -0.315 e. The van der Waals surface area contributed by atoms with Gasteiger partial charge in [-0.25, -0.2) is 4.98 Å². The number of anilines is 1. The molecule has 0 aliphatic heterocycles. The number of sulfonamides is 1. The van der Waals surface area contributed by atoms with Crippen molar-refractivity contribution >= 4 is 32.4 Å². The van der Waals surface area contributed by atoms with Gasteiger partial charge >= 0.3 is 11.1 Å². The Morgan fingerprint density at radius 1 is 1.11 bits per heavy atom. The highest BCUT2D eigenvalue weighted by Gasteiger charge is 2.20. The molecule has 4 rings (SSSR count). The average molecular weight is 382 g/mol. The fraction of sp³-hybridized carbons (Fsp3) is 0.111. The highest BCUT2D eigenvalue weighted by atomic mass is 32.2. The second kappa shape index (κ2) is 6.08. The molecule has 1 aromatic carbocycles. The zero-order chi connectivity index (χ0) is 19.2. The molecule has 0 spiro atoms. The first-order valence-corrected chi connectivity index (χ1v) is 9.53. The van der Waals surface area contributed by atoms with Crippen LogP contribution in [-0.2, 0) is 10.0 Å². The normalized spacial score (nSPS) is 13.3. The van der Waals surface area contributed by atoms with Crippen LogP contribution in [0.1, 0.15) is 17.5 Å². The number of H-pyrrole nitrogens is 2. The standard InChI is InChI=1S/C18H14N4O4S/c1-10-9-14-15(20-17(24)16(23)19-14)21-18(10)27(25,26)22-13-7-5-12(6-8-13)11-3-2-4-11/h2,5-9,22H,3H2,1H3,(H,19,23)(H,20,21,24). The zero-order valence-corrected chi connectivity index (χ0v) is 15.0. The van der Waals surface area contributed by atoms with Gasteiger partial charge in [0.2, 0.25) is 0 Å². The lowest BCUT2D eigenvalue weighted by atomic mass is 9.98. The van der Waals surface area contributed by atoms with Gasteiger partial charge in [0.15, 0.2) is 10.7 Å². The second-order valence-electron chi connectivity index (χ2n) is 6.13. The van der Waals surface area contributed by atoms with E-state index in [0.717, 1.165) is 17.6 Å². The van der Waals surface area contributed by atoms with Gasteiger partial charge in [0.1, 0.15) is 0 Å². The molecular formula is C18H14N4O4S. The summed E-state index contributed by atoms with van der Waals surface area (Å²) < 4.78 is 28.0. The van der Waals surface area contributed by atoms with E-state index in [-0.39, 0.29) is 16.2 Å². The largest absolute Gasteiger partial charge is 0.315 e. The van der Waals surface area contributed by atoms with E-state index < -0.39 is 21.1 Å². The quantitative estimate of drug-likeness (QED) is 0.467. The van der Waals surface area contributed by atoms with Gasteiger partial charge in [-0.2, -0.15) is 8.42 Å². The maximum Gasteiger partial charge on any atom is 0.315 e. The highest BCUT2D eigenvalue weighted by Crippen LogP contribution is 2.25. The first kappa shape index (κ1) is 17.0. The zero-order valence-electron chi connectivity index (χ0n) is 14.2. The Morgan fingerprint density at radius 3 is 2.41 bits per heavy atom. The number of aromatic amines is 2. The fourth-order valence-electron chi connectivity index (χ4n) is 2.75. The lowest BCUT2D eigenvalue weighted by molar-refractivity contribution is 0.597. The van der Waals surface area contributed by atoms with E-state index in [2.05, 4.69) is 25.4 Å². The molecule has 1 aliphatic carbocycles. The van der Waals surface area contributed by atoms with Crippen LogP contribution in [0.25, 0.3) is 16.7 Å². The van der Waals surface area contributed by atoms with Crippen molar-refractivity contribution in [2.45, 2.75) is 18.4 Å². The van der Waals surface area contributed by atoms with E-state index in [9.17, 15) is 18.0 Å². The molecule has 0 radical (unpaired) electrons. The molecule has 9 heteroatoms. The van der Waals surface area contributed by atoms with Crippen LogP contribution in [0.5, 0.6) is 0 Å². The molecule has 1 aliphatic rings. The van der Waals surface area contributed by atoms with Gasteiger partial charge in [0.05, 0.1) is 5.52 Å². The summed E-state index contributed by atoms with van der Waals surface area (Å²) in [5.74, 6) is 0. The Hall–Kier alpha value is -3.42. The number of aromatic nitrogens is 3. The van der Waals surface area contributed by atoms with Crippen LogP contribution in [0.2, 0.25) is 0 Å². The molecule has 3 aromatic rings. The smallest absolute Gasteiger partial charge is 0.315 e.